The van der Waals surface area contributed by atoms with Crippen molar-refractivity contribution < 1.29 is 35.5 Å². The zero-order valence-electron chi connectivity index (χ0n) is 18.5. The predicted molar refractivity (Wildman–Crippen MR) is 122 cm³/mol. The Balaban J connectivity index is 0.00000306. The summed E-state index contributed by atoms with van der Waals surface area (Å²) in [6.07, 6.45) is 7.86. The van der Waals surface area contributed by atoms with E-state index in [2.05, 4.69) is 10.3 Å². The van der Waals surface area contributed by atoms with Gasteiger partial charge in [-0.3, -0.25) is 4.79 Å². The zero-order chi connectivity index (χ0) is 22.3. The van der Waals surface area contributed by atoms with Gasteiger partial charge < -0.3 is 32.0 Å². The molecular formula is C26H27BrFN3O2. The van der Waals surface area contributed by atoms with Crippen molar-refractivity contribution in [2.24, 2.45) is 0 Å². The monoisotopic (exact) mass is 511 g/mol. The molecule has 0 saturated carbocycles. The van der Waals surface area contributed by atoms with Crippen LogP contribution in [0.25, 0.3) is 10.9 Å². The molecule has 0 atom stereocenters. The van der Waals surface area contributed by atoms with Crippen LogP contribution in [0.3, 0.4) is 0 Å². The van der Waals surface area contributed by atoms with Crippen LogP contribution in [0, 0.1) is 5.82 Å². The van der Waals surface area contributed by atoms with E-state index < -0.39 is 0 Å². The number of aromatic amines is 1. The number of hydrogen-bond donors (Lipinski definition) is 2. The quantitative estimate of drug-likeness (QED) is 0.328. The summed E-state index contributed by atoms with van der Waals surface area (Å²) in [5.74, 6) is 0.642. The van der Waals surface area contributed by atoms with Crippen LogP contribution in [0.15, 0.2) is 73.2 Å². The van der Waals surface area contributed by atoms with Crippen molar-refractivity contribution in [3.63, 3.8) is 0 Å². The van der Waals surface area contributed by atoms with Gasteiger partial charge in [0.1, 0.15) is 11.6 Å². The number of aryl methyl sites for hydroxylation is 1. The first kappa shape index (κ1) is 24.5. The molecule has 2 N–H and O–H groups in total. The second-order valence-electron chi connectivity index (χ2n) is 7.83. The van der Waals surface area contributed by atoms with Crippen molar-refractivity contribution in [3.05, 3.63) is 95.7 Å². The third-order valence-corrected chi connectivity index (χ3v) is 5.57. The Morgan fingerprint density at radius 3 is 2.52 bits per heavy atom. The highest BCUT2D eigenvalue weighted by molar-refractivity contribution is 5.84. The number of methoxy groups -OCH3 is 1. The Morgan fingerprint density at radius 2 is 1.79 bits per heavy atom. The fourth-order valence-corrected chi connectivity index (χ4v) is 3.74. The molecule has 2 aromatic carbocycles. The Labute approximate surface area is 203 Å². The predicted octanol–water partition coefficient (Wildman–Crippen LogP) is 0.947. The fraction of sp³-hybridized carbons (Fsp3) is 0.231. The van der Waals surface area contributed by atoms with E-state index in [1.807, 2.05) is 53.5 Å². The van der Waals surface area contributed by atoms with E-state index in [1.165, 1.54) is 12.1 Å². The Hall–Kier alpha value is -3.19. The number of halogens is 2. The number of carbonyl (C=O) groups is 1. The molecule has 0 radical (unpaired) electrons. The van der Waals surface area contributed by atoms with E-state index >= 15 is 0 Å². The second-order valence-corrected chi connectivity index (χ2v) is 7.83. The highest BCUT2D eigenvalue weighted by Gasteiger charge is 2.08. The number of pyridine rings is 1. The molecule has 0 aliphatic heterocycles. The first-order chi connectivity index (χ1) is 15.6. The van der Waals surface area contributed by atoms with Gasteiger partial charge in [-0.15, -0.1) is 0 Å². The lowest BCUT2D eigenvalue weighted by atomic mass is 10.1. The molecule has 0 fully saturated rings. The Bertz CT molecular complexity index is 1190. The normalized spacial score (nSPS) is 10.6. The average molecular weight is 512 g/mol. The number of amides is 1. The van der Waals surface area contributed by atoms with Crippen LogP contribution in [-0.4, -0.2) is 24.5 Å². The highest BCUT2D eigenvalue weighted by atomic mass is 79.9. The molecule has 0 aliphatic carbocycles. The molecule has 0 spiro atoms. The van der Waals surface area contributed by atoms with Crippen LogP contribution in [0.1, 0.15) is 23.1 Å². The number of hydrogen-bond acceptors (Lipinski definition) is 2. The molecule has 0 unspecified atom stereocenters. The van der Waals surface area contributed by atoms with Crippen LogP contribution in [0.2, 0.25) is 0 Å². The lowest BCUT2D eigenvalue weighted by molar-refractivity contribution is -0.688. The lowest BCUT2D eigenvalue weighted by Crippen LogP contribution is -3.00. The summed E-state index contributed by atoms with van der Waals surface area (Å²) in [6, 6.07) is 16.5. The SMILES string of the molecule is COc1ccc2[nH]cc(CCNC(=O)CCc3cc[n+](Cc4ccc(F)cc4)cc3)c2c1.[Br-]. The van der Waals surface area contributed by atoms with Gasteiger partial charge in [0.2, 0.25) is 5.91 Å². The van der Waals surface area contributed by atoms with Gasteiger partial charge in [-0.05, 0) is 66.4 Å². The lowest BCUT2D eigenvalue weighted by Gasteiger charge is -2.06. The van der Waals surface area contributed by atoms with Gasteiger partial charge in [0, 0.05) is 47.8 Å². The van der Waals surface area contributed by atoms with Gasteiger partial charge in [0.05, 0.1) is 7.11 Å². The molecule has 4 aromatic rings. The average Bonchev–Trinajstić information content (AvgIpc) is 3.22. The molecule has 0 aliphatic rings. The largest absolute Gasteiger partial charge is 1.00 e. The number of nitrogens with zero attached hydrogens (tertiary/aromatic N) is 1. The zero-order valence-corrected chi connectivity index (χ0v) is 20.1. The Morgan fingerprint density at radius 1 is 1.03 bits per heavy atom. The maximum absolute atomic E-state index is 13.0. The Kier molecular flexibility index (Phi) is 8.60. The molecule has 0 bridgehead atoms. The van der Waals surface area contributed by atoms with Gasteiger partial charge in [0.15, 0.2) is 18.9 Å². The molecule has 5 nitrogen and oxygen atoms in total. The molecular weight excluding hydrogens is 485 g/mol. The first-order valence-corrected chi connectivity index (χ1v) is 10.7. The molecule has 2 aromatic heterocycles. The molecule has 0 saturated heterocycles. The molecule has 4 rings (SSSR count). The first-order valence-electron chi connectivity index (χ1n) is 10.7. The summed E-state index contributed by atoms with van der Waals surface area (Å²) in [5, 5.41) is 4.14. The summed E-state index contributed by atoms with van der Waals surface area (Å²) in [4.78, 5) is 15.5. The fourth-order valence-electron chi connectivity index (χ4n) is 3.74. The van der Waals surface area contributed by atoms with Crippen molar-refractivity contribution in [3.8, 4) is 5.75 Å². The number of rotatable bonds is 9. The third-order valence-electron chi connectivity index (χ3n) is 5.57. The number of ether oxygens (including phenoxy) is 1. The summed E-state index contributed by atoms with van der Waals surface area (Å²) in [7, 11) is 1.66. The summed E-state index contributed by atoms with van der Waals surface area (Å²) in [6.45, 7) is 1.27. The van der Waals surface area contributed by atoms with E-state index in [0.717, 1.165) is 39.8 Å². The number of carbonyl (C=O) groups excluding carboxylic acids is 1. The maximum Gasteiger partial charge on any atom is 0.220 e. The van der Waals surface area contributed by atoms with Crippen molar-refractivity contribution in [1.29, 1.82) is 0 Å². The summed E-state index contributed by atoms with van der Waals surface area (Å²) in [5.41, 5.74) is 4.37. The van der Waals surface area contributed by atoms with Gasteiger partial charge in [-0.25, -0.2) is 8.96 Å². The van der Waals surface area contributed by atoms with Crippen molar-refractivity contribution >= 4 is 16.8 Å². The van der Waals surface area contributed by atoms with E-state index in [-0.39, 0.29) is 28.7 Å². The van der Waals surface area contributed by atoms with Crippen molar-refractivity contribution in [2.45, 2.75) is 25.8 Å². The van der Waals surface area contributed by atoms with Gasteiger partial charge in [0.25, 0.3) is 0 Å². The number of fused-ring (bicyclic) bond motifs is 1. The maximum atomic E-state index is 13.0. The molecule has 33 heavy (non-hydrogen) atoms. The van der Waals surface area contributed by atoms with Crippen LogP contribution in [-0.2, 0) is 24.2 Å². The van der Waals surface area contributed by atoms with Gasteiger partial charge in [-0.1, -0.05) is 0 Å². The summed E-state index contributed by atoms with van der Waals surface area (Å²) >= 11 is 0. The molecule has 1 amide bonds. The summed E-state index contributed by atoms with van der Waals surface area (Å²) < 4.78 is 20.4. The van der Waals surface area contributed by atoms with E-state index in [9.17, 15) is 9.18 Å². The smallest absolute Gasteiger partial charge is 0.220 e. The number of H-pyrrole nitrogens is 1. The van der Waals surface area contributed by atoms with Crippen LogP contribution < -0.4 is 31.6 Å². The van der Waals surface area contributed by atoms with E-state index in [0.29, 0.717) is 25.9 Å². The van der Waals surface area contributed by atoms with Gasteiger partial charge >= 0.3 is 0 Å². The number of benzene rings is 2. The molecule has 7 heteroatoms. The van der Waals surface area contributed by atoms with Crippen LogP contribution in [0.4, 0.5) is 4.39 Å². The third kappa shape index (κ3) is 6.65. The number of aromatic nitrogens is 2. The minimum Gasteiger partial charge on any atom is -1.00 e. The second kappa shape index (κ2) is 11.6. The topological polar surface area (TPSA) is 58.0 Å². The minimum absolute atomic E-state index is 0. The van der Waals surface area contributed by atoms with Crippen molar-refractivity contribution in [1.82, 2.24) is 10.3 Å². The van der Waals surface area contributed by atoms with Crippen LogP contribution >= 0.6 is 0 Å². The van der Waals surface area contributed by atoms with Crippen LogP contribution in [0.5, 0.6) is 5.75 Å². The van der Waals surface area contributed by atoms with E-state index in [1.54, 1.807) is 19.2 Å². The standard InChI is InChI=1S/C26H26FN3O2.BrH/c1-32-23-7-8-25-24(16-23)21(17-29-25)10-13-28-26(31)9-4-19-11-14-30(15-12-19)18-20-2-5-22(27)6-3-20;/h2-3,5-8,11-12,14-17,29H,4,9-10,13,18H2,1H3;1H. The minimum atomic E-state index is -0.228. The molecule has 172 valence electrons. The van der Waals surface area contributed by atoms with Crippen molar-refractivity contribution in [2.75, 3.05) is 13.7 Å². The highest BCUT2D eigenvalue weighted by Crippen LogP contribution is 2.23. The number of nitrogens with one attached hydrogen (secondary N) is 2. The van der Waals surface area contributed by atoms with Gasteiger partial charge in [-0.2, -0.15) is 0 Å². The molecule has 2 heterocycles. The van der Waals surface area contributed by atoms with E-state index in [4.69, 9.17) is 4.74 Å².